The normalized spacial score (nSPS) is 38.9. The molecule has 2 rings (SSSR count). The van der Waals surface area contributed by atoms with Crippen LogP contribution in [0.5, 0.6) is 0 Å². The lowest BCUT2D eigenvalue weighted by molar-refractivity contribution is -0.394. The molecule has 0 radical (unpaired) electrons. The molecular formula is C26H45N3O11. The summed E-state index contributed by atoms with van der Waals surface area (Å²) in [6.07, 6.45) is -8.93. The van der Waals surface area contributed by atoms with Crippen molar-refractivity contribution in [3.8, 4) is 0 Å². The molecular weight excluding hydrogens is 530 g/mol. The van der Waals surface area contributed by atoms with Gasteiger partial charge in [0.05, 0.1) is 6.61 Å². The summed E-state index contributed by atoms with van der Waals surface area (Å²) in [7, 11) is 0. The van der Waals surface area contributed by atoms with E-state index in [9.17, 15) is 35.1 Å². The summed E-state index contributed by atoms with van der Waals surface area (Å²) in [5.74, 6) is -4.96. The number of carboxylic acids is 1. The minimum absolute atomic E-state index is 0.439. The molecule has 0 aromatic carbocycles. The molecule has 14 nitrogen and oxygen atoms in total. The van der Waals surface area contributed by atoms with E-state index in [2.05, 4.69) is 18.5 Å². The first-order chi connectivity index (χ1) is 18.4. The Balaban J connectivity index is 2.61. The Kier molecular flexibility index (Phi) is 10.7. The van der Waals surface area contributed by atoms with Crippen molar-refractivity contribution in [2.45, 2.75) is 113 Å². The zero-order valence-electron chi connectivity index (χ0n) is 23.6. The standard InChI is InChI=1S/C26H45N3O11/c1-8-23(6,9-2)25(27)20(29-13(5)31)18(15(32)14(12-30)37-25)39-26(28)21(34)16(33)17(19(40-26)22(35)36)38-24(7,10-3)11-4/h10-11,14-21,30,32-34H,3-4,8-9,12,27-28H2,1-2,5-7H3,(H,29,31)(H,35,36). The highest BCUT2D eigenvalue weighted by Gasteiger charge is 2.64. The van der Waals surface area contributed by atoms with E-state index in [1.165, 1.54) is 26.0 Å². The van der Waals surface area contributed by atoms with Crippen LogP contribution in [0, 0.1) is 5.41 Å². The maximum Gasteiger partial charge on any atom is 0.335 e. The van der Waals surface area contributed by atoms with Crippen LogP contribution in [0.1, 0.15) is 47.5 Å². The lowest BCUT2D eigenvalue weighted by Crippen LogP contribution is -2.81. The lowest BCUT2D eigenvalue weighted by atomic mass is 9.68. The van der Waals surface area contributed by atoms with Gasteiger partial charge in [-0.2, -0.15) is 0 Å². The van der Waals surface area contributed by atoms with E-state index in [4.69, 9.17) is 30.4 Å². The van der Waals surface area contributed by atoms with Crippen molar-refractivity contribution in [1.29, 1.82) is 0 Å². The molecule has 0 aromatic rings. The Morgan fingerprint density at radius 3 is 2.02 bits per heavy atom. The van der Waals surface area contributed by atoms with E-state index in [0.29, 0.717) is 12.8 Å². The molecule has 0 spiro atoms. The highest BCUT2D eigenvalue weighted by atomic mass is 16.8. The van der Waals surface area contributed by atoms with Crippen molar-refractivity contribution in [3.63, 3.8) is 0 Å². The van der Waals surface area contributed by atoms with Crippen LogP contribution in [0.25, 0.3) is 0 Å². The number of hydrogen-bond acceptors (Lipinski definition) is 12. The number of rotatable bonds is 12. The van der Waals surface area contributed by atoms with E-state index in [1.54, 1.807) is 6.92 Å². The second-order valence-corrected chi connectivity index (χ2v) is 10.9. The number of aliphatic hydroxyl groups is 4. The summed E-state index contributed by atoms with van der Waals surface area (Å²) < 4.78 is 23.2. The van der Waals surface area contributed by atoms with Gasteiger partial charge in [-0.1, -0.05) is 46.1 Å². The van der Waals surface area contributed by atoms with E-state index in [-0.39, 0.29) is 0 Å². The van der Waals surface area contributed by atoms with Gasteiger partial charge in [-0.25, -0.2) is 4.79 Å². The number of aliphatic carboxylic acids is 1. The van der Waals surface area contributed by atoms with Crippen LogP contribution in [-0.4, -0.2) is 110 Å². The van der Waals surface area contributed by atoms with Gasteiger partial charge in [0, 0.05) is 12.3 Å². The summed E-state index contributed by atoms with van der Waals surface area (Å²) >= 11 is 0. The van der Waals surface area contributed by atoms with Crippen LogP contribution in [-0.2, 0) is 28.5 Å². The van der Waals surface area contributed by atoms with Crippen LogP contribution in [0.3, 0.4) is 0 Å². The molecule has 2 aliphatic heterocycles. The first-order valence-corrected chi connectivity index (χ1v) is 13.1. The second-order valence-electron chi connectivity index (χ2n) is 10.9. The number of carbonyl (C=O) groups is 2. The SMILES string of the molecule is C=CC(C)(C=C)OC1C(C(=O)O)OC(N)(OC2C(O)C(CO)OC(N)(C(C)(CC)CC)C2NC(C)=O)C(O)C1O. The Morgan fingerprint density at radius 1 is 1.05 bits per heavy atom. The van der Waals surface area contributed by atoms with Gasteiger partial charge >= 0.3 is 5.97 Å². The number of nitrogens with two attached hydrogens (primary N) is 2. The van der Waals surface area contributed by atoms with Crippen LogP contribution >= 0.6 is 0 Å². The number of ether oxygens (including phenoxy) is 4. The van der Waals surface area contributed by atoms with Gasteiger partial charge in [0.15, 0.2) is 12.2 Å². The number of aliphatic hydroxyl groups excluding tert-OH is 4. The Labute approximate surface area is 233 Å². The zero-order valence-corrected chi connectivity index (χ0v) is 23.6. The molecule has 2 saturated heterocycles. The Morgan fingerprint density at radius 2 is 1.60 bits per heavy atom. The fourth-order valence-corrected chi connectivity index (χ4v) is 5.10. The highest BCUT2D eigenvalue weighted by Crippen LogP contribution is 2.46. The molecule has 10 unspecified atom stereocenters. The van der Waals surface area contributed by atoms with Gasteiger partial charge in [0.2, 0.25) is 5.91 Å². The third kappa shape index (κ3) is 6.11. The number of carboxylic acid groups (broad SMARTS) is 1. The zero-order chi connectivity index (χ0) is 30.8. The van der Waals surface area contributed by atoms with Crippen molar-refractivity contribution in [3.05, 3.63) is 25.3 Å². The molecule has 2 aliphatic rings. The van der Waals surface area contributed by atoms with Crippen LogP contribution in [0.2, 0.25) is 0 Å². The molecule has 0 saturated carbocycles. The largest absolute Gasteiger partial charge is 0.479 e. The Hall–Kier alpha value is -1.98. The summed E-state index contributed by atoms with van der Waals surface area (Å²) in [4.78, 5) is 24.5. The molecule has 2 fully saturated rings. The van der Waals surface area contributed by atoms with Gasteiger partial charge in [0.1, 0.15) is 47.9 Å². The lowest BCUT2D eigenvalue weighted by Gasteiger charge is -2.58. The van der Waals surface area contributed by atoms with Crippen molar-refractivity contribution >= 4 is 11.9 Å². The maximum atomic E-state index is 12.3. The fourth-order valence-electron chi connectivity index (χ4n) is 5.10. The molecule has 10 N–H and O–H groups in total. The average Bonchev–Trinajstić information content (AvgIpc) is 2.91. The van der Waals surface area contributed by atoms with Gasteiger partial charge < -0.3 is 55.5 Å². The van der Waals surface area contributed by atoms with Gasteiger partial charge in [-0.05, 0) is 19.8 Å². The first kappa shape index (κ1) is 34.2. The van der Waals surface area contributed by atoms with Crippen molar-refractivity contribution in [1.82, 2.24) is 5.32 Å². The predicted molar refractivity (Wildman–Crippen MR) is 141 cm³/mol. The Bertz CT molecular complexity index is 939. The third-order valence-electron chi connectivity index (χ3n) is 8.34. The predicted octanol–water partition coefficient (Wildman–Crippen LogP) is -1.56. The number of amides is 1. The smallest absolute Gasteiger partial charge is 0.335 e. The molecule has 2 heterocycles. The molecule has 0 aliphatic carbocycles. The van der Waals surface area contributed by atoms with Crippen molar-refractivity contribution < 1.29 is 54.1 Å². The fraction of sp³-hybridized carbons (Fsp3) is 0.769. The quantitative estimate of drug-likeness (QED) is 0.0972. The number of hydrogen-bond donors (Lipinski definition) is 8. The van der Waals surface area contributed by atoms with Gasteiger partial charge in [-0.3, -0.25) is 10.5 Å². The van der Waals surface area contributed by atoms with E-state index < -0.39 is 89.9 Å². The monoisotopic (exact) mass is 575 g/mol. The van der Waals surface area contributed by atoms with Gasteiger partial charge in [-0.15, -0.1) is 0 Å². The topological polar surface area (TPSA) is 236 Å². The molecule has 1 amide bonds. The minimum atomic E-state index is -2.77. The third-order valence-corrected chi connectivity index (χ3v) is 8.34. The molecule has 10 atom stereocenters. The van der Waals surface area contributed by atoms with Crippen molar-refractivity contribution in [2.75, 3.05) is 6.61 Å². The summed E-state index contributed by atoms with van der Waals surface area (Å²) in [6.45, 7) is 14.7. The first-order valence-electron chi connectivity index (χ1n) is 13.1. The summed E-state index contributed by atoms with van der Waals surface area (Å²) in [5, 5.41) is 55.8. The van der Waals surface area contributed by atoms with E-state index in [0.717, 1.165) is 0 Å². The van der Waals surface area contributed by atoms with Crippen LogP contribution in [0.4, 0.5) is 0 Å². The van der Waals surface area contributed by atoms with E-state index in [1.807, 2.05) is 13.8 Å². The molecule has 40 heavy (non-hydrogen) atoms. The van der Waals surface area contributed by atoms with Crippen LogP contribution in [0.15, 0.2) is 25.3 Å². The number of carbonyl (C=O) groups excluding carboxylic acids is 1. The molecule has 0 bridgehead atoms. The number of nitrogens with one attached hydrogen (secondary N) is 1. The van der Waals surface area contributed by atoms with Crippen molar-refractivity contribution in [2.24, 2.45) is 16.9 Å². The molecule has 0 aromatic heterocycles. The summed E-state index contributed by atoms with van der Waals surface area (Å²) in [6, 6.07) is -1.34. The van der Waals surface area contributed by atoms with Crippen LogP contribution < -0.4 is 16.8 Å². The summed E-state index contributed by atoms with van der Waals surface area (Å²) in [5.41, 5.74) is 9.14. The maximum absolute atomic E-state index is 12.3. The van der Waals surface area contributed by atoms with Gasteiger partial charge in [0.25, 0.3) is 5.91 Å². The van der Waals surface area contributed by atoms with E-state index >= 15 is 0 Å². The highest BCUT2D eigenvalue weighted by molar-refractivity contribution is 5.74. The average molecular weight is 576 g/mol. The second kappa shape index (κ2) is 12.5. The minimum Gasteiger partial charge on any atom is -0.479 e. The molecule has 14 heteroatoms. The molecule has 230 valence electrons.